The quantitative estimate of drug-likeness (QED) is 0.796. The molecule has 3 heteroatoms. The number of carboxylic acids is 1. The molecule has 3 aliphatic rings. The molecule has 2 saturated carbocycles. The number of carboxylic acid groups (broad SMARTS) is 1. The molecule has 3 fully saturated rings. The maximum atomic E-state index is 11.5. The lowest BCUT2D eigenvalue weighted by atomic mass is 9.85. The van der Waals surface area contributed by atoms with Gasteiger partial charge in [-0.05, 0) is 38.0 Å². The molecular weight excluding hydrogens is 202 g/mol. The summed E-state index contributed by atoms with van der Waals surface area (Å²) in [5.41, 5.74) is -0.398. The number of carbonyl (C=O) groups is 1. The van der Waals surface area contributed by atoms with E-state index in [0.717, 1.165) is 38.1 Å². The Labute approximate surface area is 96.8 Å². The predicted molar refractivity (Wildman–Crippen MR) is 61.2 cm³/mol. The highest BCUT2D eigenvalue weighted by Gasteiger charge is 2.47. The van der Waals surface area contributed by atoms with Crippen LogP contribution in [-0.4, -0.2) is 35.1 Å². The van der Waals surface area contributed by atoms with Crippen LogP contribution in [0.2, 0.25) is 0 Å². The summed E-state index contributed by atoms with van der Waals surface area (Å²) < 4.78 is 0. The molecule has 2 atom stereocenters. The van der Waals surface area contributed by atoms with Crippen LogP contribution in [0.1, 0.15) is 44.9 Å². The van der Waals surface area contributed by atoms with E-state index in [1.807, 2.05) is 0 Å². The van der Waals surface area contributed by atoms with E-state index >= 15 is 0 Å². The average molecular weight is 223 g/mol. The summed E-state index contributed by atoms with van der Waals surface area (Å²) in [5.74, 6) is 0.324. The Balaban J connectivity index is 1.70. The SMILES string of the molecule is O=C(O)C1(CN2CC3CCC2C3)CCCC1. The fourth-order valence-corrected chi connectivity index (χ4v) is 4.10. The van der Waals surface area contributed by atoms with E-state index in [4.69, 9.17) is 0 Å². The van der Waals surface area contributed by atoms with Crippen LogP contribution in [0.15, 0.2) is 0 Å². The van der Waals surface area contributed by atoms with E-state index in [1.54, 1.807) is 0 Å². The van der Waals surface area contributed by atoms with Gasteiger partial charge in [0.05, 0.1) is 5.41 Å². The third kappa shape index (κ3) is 1.56. The minimum atomic E-state index is -0.548. The molecule has 3 rings (SSSR count). The molecule has 0 aromatic carbocycles. The van der Waals surface area contributed by atoms with Crippen LogP contribution in [0.25, 0.3) is 0 Å². The minimum Gasteiger partial charge on any atom is -0.481 e. The molecule has 0 radical (unpaired) electrons. The number of piperidine rings is 1. The third-order valence-corrected chi connectivity index (χ3v) is 5.04. The molecular formula is C13H21NO2. The smallest absolute Gasteiger partial charge is 0.310 e. The molecule has 2 aliphatic carbocycles. The van der Waals surface area contributed by atoms with E-state index in [2.05, 4.69) is 4.90 Å². The Kier molecular flexibility index (Phi) is 2.46. The fourth-order valence-electron chi connectivity index (χ4n) is 4.10. The second kappa shape index (κ2) is 3.73. The Morgan fingerprint density at radius 3 is 2.56 bits per heavy atom. The lowest BCUT2D eigenvalue weighted by molar-refractivity contribution is -0.150. The van der Waals surface area contributed by atoms with Crippen molar-refractivity contribution >= 4 is 5.97 Å². The molecule has 0 amide bonds. The highest BCUT2D eigenvalue weighted by Crippen LogP contribution is 2.44. The first-order valence-electron chi connectivity index (χ1n) is 6.67. The first kappa shape index (κ1) is 10.6. The van der Waals surface area contributed by atoms with E-state index in [0.29, 0.717) is 6.04 Å². The number of fused-ring (bicyclic) bond motifs is 2. The van der Waals surface area contributed by atoms with Gasteiger partial charge in [-0.25, -0.2) is 0 Å². The molecule has 0 aromatic rings. The normalized spacial score (nSPS) is 37.0. The number of hydrogen-bond donors (Lipinski definition) is 1. The van der Waals surface area contributed by atoms with Crippen LogP contribution in [0.4, 0.5) is 0 Å². The molecule has 1 N–H and O–H groups in total. The van der Waals surface area contributed by atoms with Crippen LogP contribution < -0.4 is 0 Å². The zero-order chi connectivity index (χ0) is 11.2. The van der Waals surface area contributed by atoms with Crippen molar-refractivity contribution < 1.29 is 9.90 Å². The summed E-state index contributed by atoms with van der Waals surface area (Å²) in [4.78, 5) is 14.0. The largest absolute Gasteiger partial charge is 0.481 e. The van der Waals surface area contributed by atoms with Crippen molar-refractivity contribution in [2.45, 2.75) is 51.0 Å². The molecule has 1 saturated heterocycles. The number of nitrogens with zero attached hydrogens (tertiary/aromatic N) is 1. The van der Waals surface area contributed by atoms with E-state index < -0.39 is 11.4 Å². The van der Waals surface area contributed by atoms with Gasteiger partial charge >= 0.3 is 5.97 Å². The molecule has 3 nitrogen and oxygen atoms in total. The van der Waals surface area contributed by atoms with E-state index in [-0.39, 0.29) is 0 Å². The second-order valence-electron chi connectivity index (χ2n) is 6.05. The average Bonchev–Trinajstić information content (AvgIpc) is 2.92. The van der Waals surface area contributed by atoms with Gasteiger partial charge < -0.3 is 5.11 Å². The summed E-state index contributed by atoms with van der Waals surface area (Å²) >= 11 is 0. The van der Waals surface area contributed by atoms with Crippen LogP contribution in [0, 0.1) is 11.3 Å². The van der Waals surface area contributed by atoms with Gasteiger partial charge in [-0.3, -0.25) is 9.69 Å². The lowest BCUT2D eigenvalue weighted by Crippen LogP contribution is -2.44. The summed E-state index contributed by atoms with van der Waals surface area (Å²) in [6, 6.07) is 0.710. The zero-order valence-electron chi connectivity index (χ0n) is 9.82. The fraction of sp³-hybridized carbons (Fsp3) is 0.923. The van der Waals surface area contributed by atoms with Crippen molar-refractivity contribution in [1.82, 2.24) is 4.90 Å². The van der Waals surface area contributed by atoms with E-state index in [9.17, 15) is 9.90 Å². The van der Waals surface area contributed by atoms with Crippen LogP contribution >= 0.6 is 0 Å². The van der Waals surface area contributed by atoms with Gasteiger partial charge in [0.1, 0.15) is 0 Å². The lowest BCUT2D eigenvalue weighted by Gasteiger charge is -2.34. The van der Waals surface area contributed by atoms with Crippen molar-refractivity contribution in [1.29, 1.82) is 0 Å². The van der Waals surface area contributed by atoms with Crippen LogP contribution in [-0.2, 0) is 4.79 Å². The van der Waals surface area contributed by atoms with Crippen LogP contribution in [0.5, 0.6) is 0 Å². The predicted octanol–water partition coefficient (Wildman–Crippen LogP) is 2.12. The van der Waals surface area contributed by atoms with Gasteiger partial charge in [-0.1, -0.05) is 12.8 Å². The van der Waals surface area contributed by atoms with Crippen molar-refractivity contribution in [3.05, 3.63) is 0 Å². The Bertz CT molecular complexity index is 296. The van der Waals surface area contributed by atoms with Gasteiger partial charge in [-0.2, -0.15) is 0 Å². The van der Waals surface area contributed by atoms with Crippen molar-refractivity contribution in [3.63, 3.8) is 0 Å². The third-order valence-electron chi connectivity index (χ3n) is 5.04. The first-order valence-corrected chi connectivity index (χ1v) is 6.67. The second-order valence-corrected chi connectivity index (χ2v) is 6.05. The highest BCUT2D eigenvalue weighted by molar-refractivity contribution is 5.75. The Hall–Kier alpha value is -0.570. The molecule has 1 aliphatic heterocycles. The van der Waals surface area contributed by atoms with E-state index in [1.165, 1.54) is 25.8 Å². The highest BCUT2D eigenvalue weighted by atomic mass is 16.4. The van der Waals surface area contributed by atoms with Gasteiger partial charge in [-0.15, -0.1) is 0 Å². The van der Waals surface area contributed by atoms with Gasteiger partial charge in [0.15, 0.2) is 0 Å². The van der Waals surface area contributed by atoms with Gasteiger partial charge in [0, 0.05) is 19.1 Å². The topological polar surface area (TPSA) is 40.5 Å². The van der Waals surface area contributed by atoms with Crippen molar-refractivity contribution in [2.75, 3.05) is 13.1 Å². The number of aliphatic carboxylic acids is 1. The van der Waals surface area contributed by atoms with Gasteiger partial charge in [0.25, 0.3) is 0 Å². The summed E-state index contributed by atoms with van der Waals surface area (Å²) in [7, 11) is 0. The summed E-state index contributed by atoms with van der Waals surface area (Å²) in [6.45, 7) is 1.99. The standard InChI is InChI=1S/C13H21NO2/c15-12(16)13(5-1-2-6-13)9-14-8-10-3-4-11(14)7-10/h10-11H,1-9H2,(H,15,16). The van der Waals surface area contributed by atoms with Gasteiger partial charge in [0.2, 0.25) is 0 Å². The molecule has 90 valence electrons. The first-order chi connectivity index (χ1) is 7.70. The minimum absolute atomic E-state index is 0.398. The molecule has 0 spiro atoms. The number of rotatable bonds is 3. The monoisotopic (exact) mass is 223 g/mol. The maximum absolute atomic E-state index is 11.5. The maximum Gasteiger partial charge on any atom is 0.310 e. The molecule has 0 aromatic heterocycles. The molecule has 2 unspecified atom stereocenters. The zero-order valence-corrected chi connectivity index (χ0v) is 9.82. The number of likely N-dealkylation sites (tertiary alicyclic amines) is 1. The molecule has 16 heavy (non-hydrogen) atoms. The van der Waals surface area contributed by atoms with Crippen LogP contribution in [0.3, 0.4) is 0 Å². The molecule has 2 bridgehead atoms. The Morgan fingerprint density at radius 1 is 1.31 bits per heavy atom. The number of hydrogen-bond acceptors (Lipinski definition) is 2. The van der Waals surface area contributed by atoms with Crippen molar-refractivity contribution in [2.24, 2.45) is 11.3 Å². The summed E-state index contributed by atoms with van der Waals surface area (Å²) in [6.07, 6.45) is 8.02. The summed E-state index contributed by atoms with van der Waals surface area (Å²) in [5, 5.41) is 9.47. The Morgan fingerprint density at radius 2 is 2.06 bits per heavy atom. The van der Waals surface area contributed by atoms with Crippen molar-refractivity contribution in [3.8, 4) is 0 Å². The molecule has 1 heterocycles.